The first kappa shape index (κ1) is 12.0. The van der Waals surface area contributed by atoms with Gasteiger partial charge in [0.15, 0.2) is 0 Å². The molecule has 0 saturated carbocycles. The Morgan fingerprint density at radius 1 is 1.43 bits per heavy atom. The molecule has 1 heterocycles. The minimum Gasteiger partial charge on any atom is -0.379 e. The predicted octanol–water partition coefficient (Wildman–Crippen LogP) is 1.70. The van der Waals surface area contributed by atoms with Gasteiger partial charge in [-0.05, 0) is 25.7 Å². The Kier molecular flexibility index (Phi) is 4.85. The highest BCUT2D eigenvalue weighted by Gasteiger charge is 2.29. The largest absolute Gasteiger partial charge is 0.379 e. The highest BCUT2D eigenvalue weighted by Crippen LogP contribution is 2.24. The van der Waals surface area contributed by atoms with E-state index in [2.05, 4.69) is 13.8 Å². The summed E-state index contributed by atoms with van der Waals surface area (Å²) in [6.45, 7) is 6.51. The van der Waals surface area contributed by atoms with Crippen molar-refractivity contribution in [2.45, 2.75) is 51.2 Å². The number of hydrogen-bond donors (Lipinski definition) is 1. The zero-order chi connectivity index (χ0) is 10.4. The monoisotopic (exact) mass is 201 g/mol. The molecule has 2 N–H and O–H groups in total. The van der Waals surface area contributed by atoms with Gasteiger partial charge < -0.3 is 15.2 Å². The van der Waals surface area contributed by atoms with E-state index in [0.29, 0.717) is 6.54 Å². The second-order valence-electron chi connectivity index (χ2n) is 4.05. The van der Waals surface area contributed by atoms with Gasteiger partial charge in [0.1, 0.15) is 0 Å². The summed E-state index contributed by atoms with van der Waals surface area (Å²) >= 11 is 0. The van der Waals surface area contributed by atoms with E-state index < -0.39 is 0 Å². The average molecular weight is 201 g/mol. The smallest absolute Gasteiger partial charge is 0.0817 e. The van der Waals surface area contributed by atoms with Crippen LogP contribution in [0.3, 0.4) is 0 Å². The molecule has 0 aliphatic carbocycles. The maximum Gasteiger partial charge on any atom is 0.0817 e. The SMILES string of the molecule is CCC(CC)(CN)OC1CCCOC1. The van der Waals surface area contributed by atoms with Crippen molar-refractivity contribution in [1.82, 2.24) is 0 Å². The molecule has 1 unspecified atom stereocenters. The molecule has 3 nitrogen and oxygen atoms in total. The van der Waals surface area contributed by atoms with Crippen LogP contribution in [0, 0.1) is 0 Å². The summed E-state index contributed by atoms with van der Waals surface area (Å²) in [5, 5.41) is 0. The van der Waals surface area contributed by atoms with Crippen LogP contribution in [0.1, 0.15) is 39.5 Å². The highest BCUT2D eigenvalue weighted by molar-refractivity contribution is 4.81. The van der Waals surface area contributed by atoms with Crippen LogP contribution in [0.25, 0.3) is 0 Å². The van der Waals surface area contributed by atoms with Crippen molar-refractivity contribution >= 4 is 0 Å². The second-order valence-corrected chi connectivity index (χ2v) is 4.05. The first-order valence-electron chi connectivity index (χ1n) is 5.72. The van der Waals surface area contributed by atoms with Crippen molar-refractivity contribution in [3.63, 3.8) is 0 Å². The molecule has 1 rings (SSSR count). The number of hydrogen-bond acceptors (Lipinski definition) is 3. The predicted molar refractivity (Wildman–Crippen MR) is 57.3 cm³/mol. The van der Waals surface area contributed by atoms with Gasteiger partial charge in [0.2, 0.25) is 0 Å². The lowest BCUT2D eigenvalue weighted by molar-refractivity contribution is -0.136. The van der Waals surface area contributed by atoms with E-state index in [4.69, 9.17) is 15.2 Å². The second kappa shape index (κ2) is 5.69. The standard InChI is InChI=1S/C11H23NO2/c1-3-11(4-2,9-12)14-10-6-5-7-13-8-10/h10H,3-9,12H2,1-2H3. The fourth-order valence-electron chi connectivity index (χ4n) is 1.91. The highest BCUT2D eigenvalue weighted by atomic mass is 16.5. The fraction of sp³-hybridized carbons (Fsp3) is 1.00. The van der Waals surface area contributed by atoms with Crippen molar-refractivity contribution in [1.29, 1.82) is 0 Å². The van der Waals surface area contributed by atoms with Crippen LogP contribution in [0.15, 0.2) is 0 Å². The molecule has 14 heavy (non-hydrogen) atoms. The molecule has 0 radical (unpaired) electrons. The molecule has 1 aliphatic heterocycles. The van der Waals surface area contributed by atoms with E-state index in [0.717, 1.165) is 38.9 Å². The van der Waals surface area contributed by atoms with Gasteiger partial charge in [0, 0.05) is 13.2 Å². The van der Waals surface area contributed by atoms with Gasteiger partial charge >= 0.3 is 0 Å². The first-order valence-corrected chi connectivity index (χ1v) is 5.72. The number of ether oxygens (including phenoxy) is 2. The minimum atomic E-state index is -0.120. The van der Waals surface area contributed by atoms with E-state index in [1.54, 1.807) is 0 Å². The third kappa shape index (κ3) is 2.94. The molecule has 84 valence electrons. The molecule has 0 bridgehead atoms. The van der Waals surface area contributed by atoms with Crippen molar-refractivity contribution in [3.05, 3.63) is 0 Å². The van der Waals surface area contributed by atoms with Gasteiger partial charge in [-0.15, -0.1) is 0 Å². The lowest BCUT2D eigenvalue weighted by Crippen LogP contribution is -2.44. The molecular formula is C11H23NO2. The summed E-state index contributed by atoms with van der Waals surface area (Å²) in [5.41, 5.74) is 5.66. The third-order valence-corrected chi connectivity index (χ3v) is 3.20. The molecule has 0 aromatic carbocycles. The Balaban J connectivity index is 2.44. The molecule has 0 spiro atoms. The van der Waals surface area contributed by atoms with Crippen LogP contribution in [-0.4, -0.2) is 31.5 Å². The van der Waals surface area contributed by atoms with Crippen LogP contribution < -0.4 is 5.73 Å². The zero-order valence-electron chi connectivity index (χ0n) is 9.42. The normalized spacial score (nSPS) is 23.8. The Morgan fingerprint density at radius 3 is 2.57 bits per heavy atom. The lowest BCUT2D eigenvalue weighted by Gasteiger charge is -2.36. The fourth-order valence-corrected chi connectivity index (χ4v) is 1.91. The molecule has 1 fully saturated rings. The summed E-state index contributed by atoms with van der Waals surface area (Å²) < 4.78 is 11.5. The molecule has 3 heteroatoms. The Bertz CT molecular complexity index is 143. The zero-order valence-corrected chi connectivity index (χ0v) is 9.42. The van der Waals surface area contributed by atoms with Crippen molar-refractivity contribution in [3.8, 4) is 0 Å². The van der Waals surface area contributed by atoms with Gasteiger partial charge in [-0.2, -0.15) is 0 Å². The van der Waals surface area contributed by atoms with Crippen LogP contribution in [-0.2, 0) is 9.47 Å². The minimum absolute atomic E-state index is 0.120. The summed E-state index contributed by atoms with van der Waals surface area (Å²) in [5.74, 6) is 0. The quantitative estimate of drug-likeness (QED) is 0.736. The topological polar surface area (TPSA) is 44.5 Å². The lowest BCUT2D eigenvalue weighted by atomic mass is 9.96. The molecule has 0 aromatic heterocycles. The van der Waals surface area contributed by atoms with Crippen LogP contribution in [0.5, 0.6) is 0 Å². The maximum absolute atomic E-state index is 6.08. The number of nitrogens with two attached hydrogens (primary N) is 1. The van der Waals surface area contributed by atoms with Gasteiger partial charge in [-0.25, -0.2) is 0 Å². The van der Waals surface area contributed by atoms with E-state index in [1.807, 2.05) is 0 Å². The van der Waals surface area contributed by atoms with Gasteiger partial charge in [-0.1, -0.05) is 13.8 Å². The van der Waals surface area contributed by atoms with Crippen LogP contribution in [0.2, 0.25) is 0 Å². The Labute approximate surface area is 86.9 Å². The van der Waals surface area contributed by atoms with E-state index in [9.17, 15) is 0 Å². The Hall–Kier alpha value is -0.120. The summed E-state index contributed by atoms with van der Waals surface area (Å²) in [7, 11) is 0. The molecule has 1 saturated heterocycles. The first-order chi connectivity index (χ1) is 6.76. The maximum atomic E-state index is 6.08. The summed E-state index contributed by atoms with van der Waals surface area (Å²) in [6.07, 6.45) is 4.44. The number of rotatable bonds is 5. The molecule has 1 aliphatic rings. The van der Waals surface area contributed by atoms with E-state index in [-0.39, 0.29) is 11.7 Å². The van der Waals surface area contributed by atoms with Crippen LogP contribution >= 0.6 is 0 Å². The van der Waals surface area contributed by atoms with E-state index >= 15 is 0 Å². The summed E-state index contributed by atoms with van der Waals surface area (Å²) in [4.78, 5) is 0. The van der Waals surface area contributed by atoms with Gasteiger partial charge in [0.05, 0.1) is 18.3 Å². The van der Waals surface area contributed by atoms with Crippen LogP contribution in [0.4, 0.5) is 0 Å². The van der Waals surface area contributed by atoms with Gasteiger partial charge in [-0.3, -0.25) is 0 Å². The Morgan fingerprint density at radius 2 is 2.14 bits per heavy atom. The molecule has 0 amide bonds. The molecular weight excluding hydrogens is 178 g/mol. The van der Waals surface area contributed by atoms with Crippen molar-refractivity contribution in [2.75, 3.05) is 19.8 Å². The van der Waals surface area contributed by atoms with Gasteiger partial charge in [0.25, 0.3) is 0 Å². The van der Waals surface area contributed by atoms with Crippen molar-refractivity contribution < 1.29 is 9.47 Å². The molecule has 0 aromatic rings. The molecule has 1 atom stereocenters. The van der Waals surface area contributed by atoms with E-state index in [1.165, 1.54) is 0 Å². The third-order valence-electron chi connectivity index (χ3n) is 3.20. The van der Waals surface area contributed by atoms with Crippen molar-refractivity contribution in [2.24, 2.45) is 5.73 Å². The summed E-state index contributed by atoms with van der Waals surface area (Å²) in [6, 6.07) is 0. The average Bonchev–Trinajstić information content (AvgIpc) is 2.28.